The first-order chi connectivity index (χ1) is 11.7. The van der Waals surface area contributed by atoms with Crippen molar-refractivity contribution in [2.75, 3.05) is 20.2 Å². The normalized spacial score (nSPS) is 14.4. The summed E-state index contributed by atoms with van der Waals surface area (Å²) in [6, 6.07) is 13.3. The lowest BCUT2D eigenvalue weighted by molar-refractivity contribution is 0.0744. The Bertz CT molecular complexity index is 740. The van der Waals surface area contributed by atoms with Gasteiger partial charge in [0.1, 0.15) is 5.75 Å². The van der Waals surface area contributed by atoms with Crippen LogP contribution in [0.1, 0.15) is 34.6 Å². The fraction of sp³-hybridized carbons (Fsp3) is 0.300. The predicted molar refractivity (Wildman–Crippen MR) is 95.1 cm³/mol. The van der Waals surface area contributed by atoms with E-state index in [4.69, 9.17) is 4.74 Å². The van der Waals surface area contributed by atoms with Gasteiger partial charge in [0, 0.05) is 24.3 Å². The van der Waals surface area contributed by atoms with Crippen LogP contribution in [0.15, 0.2) is 48.0 Å². The molecule has 2 aromatic rings. The molecule has 124 valence electrons. The third kappa shape index (κ3) is 3.82. The third-order valence-electron chi connectivity index (χ3n) is 4.29. The maximum atomic E-state index is 12.6. The number of hydrogen-bond acceptors (Lipinski definition) is 3. The van der Waals surface area contributed by atoms with Crippen molar-refractivity contribution >= 4 is 12.0 Å². The van der Waals surface area contributed by atoms with Crippen molar-refractivity contribution < 1.29 is 9.53 Å². The molecule has 1 amide bonds. The van der Waals surface area contributed by atoms with E-state index >= 15 is 0 Å². The summed E-state index contributed by atoms with van der Waals surface area (Å²) < 4.78 is 5.14. The van der Waals surface area contributed by atoms with Gasteiger partial charge in [0.25, 0.3) is 5.91 Å². The Labute approximate surface area is 142 Å². The van der Waals surface area contributed by atoms with E-state index in [0.29, 0.717) is 5.56 Å². The number of nitrogens with zero attached hydrogens (tertiary/aromatic N) is 2. The van der Waals surface area contributed by atoms with Crippen molar-refractivity contribution in [3.63, 3.8) is 0 Å². The topological polar surface area (TPSA) is 42.4 Å². The van der Waals surface area contributed by atoms with Crippen molar-refractivity contribution in [3.05, 3.63) is 65.0 Å². The molecule has 4 heteroatoms. The quantitative estimate of drug-likeness (QED) is 0.865. The van der Waals surface area contributed by atoms with Gasteiger partial charge < -0.3 is 9.64 Å². The lowest BCUT2D eigenvalue weighted by Gasteiger charge is -2.28. The minimum Gasteiger partial charge on any atom is -0.497 e. The molecule has 0 radical (unpaired) electrons. The van der Waals surface area contributed by atoms with E-state index in [9.17, 15) is 4.79 Å². The number of pyridine rings is 1. The highest BCUT2D eigenvalue weighted by Crippen LogP contribution is 2.21. The zero-order valence-corrected chi connectivity index (χ0v) is 14.2. The molecule has 0 spiro atoms. The standard InChI is InChI=1S/C20H22N2O2/c1-15-4-3-5-18(21-15)14-16-10-12-22(13-11-16)20(23)17-6-8-19(24-2)9-7-17/h3-9,14H,10-13H2,1-2H3. The second-order valence-corrected chi connectivity index (χ2v) is 6.03. The maximum absolute atomic E-state index is 12.6. The number of benzene rings is 1. The Balaban J connectivity index is 1.62. The van der Waals surface area contributed by atoms with E-state index in [1.54, 1.807) is 7.11 Å². The number of aryl methyl sites for hydroxylation is 1. The summed E-state index contributed by atoms with van der Waals surface area (Å²) in [6.45, 7) is 3.50. The molecule has 1 aliphatic heterocycles. The van der Waals surface area contributed by atoms with Gasteiger partial charge in [-0.05, 0) is 62.2 Å². The molecule has 0 N–H and O–H groups in total. The summed E-state index contributed by atoms with van der Waals surface area (Å²) in [4.78, 5) is 19.0. The zero-order chi connectivity index (χ0) is 16.9. The van der Waals surface area contributed by atoms with Crippen LogP contribution >= 0.6 is 0 Å². The number of aromatic nitrogens is 1. The summed E-state index contributed by atoms with van der Waals surface area (Å²) in [5, 5.41) is 0. The Hall–Kier alpha value is -2.62. The lowest BCUT2D eigenvalue weighted by Crippen LogP contribution is -2.36. The van der Waals surface area contributed by atoms with Gasteiger partial charge in [-0.15, -0.1) is 0 Å². The molecule has 1 aromatic heterocycles. The van der Waals surface area contributed by atoms with Crippen LogP contribution < -0.4 is 4.74 Å². The molecule has 1 aliphatic rings. The highest BCUT2D eigenvalue weighted by atomic mass is 16.5. The molecule has 0 saturated carbocycles. The second-order valence-electron chi connectivity index (χ2n) is 6.03. The Morgan fingerprint density at radius 2 is 1.83 bits per heavy atom. The van der Waals surface area contributed by atoms with Crippen LogP contribution in [0.3, 0.4) is 0 Å². The van der Waals surface area contributed by atoms with Gasteiger partial charge in [0.15, 0.2) is 0 Å². The van der Waals surface area contributed by atoms with E-state index in [1.165, 1.54) is 5.57 Å². The van der Waals surface area contributed by atoms with Gasteiger partial charge in [-0.2, -0.15) is 0 Å². The van der Waals surface area contributed by atoms with E-state index in [0.717, 1.165) is 43.1 Å². The van der Waals surface area contributed by atoms with Gasteiger partial charge >= 0.3 is 0 Å². The number of amides is 1. The second kappa shape index (κ2) is 7.30. The van der Waals surface area contributed by atoms with E-state index in [2.05, 4.69) is 11.1 Å². The summed E-state index contributed by atoms with van der Waals surface area (Å²) >= 11 is 0. The summed E-state index contributed by atoms with van der Waals surface area (Å²) in [6.07, 6.45) is 3.96. The molecule has 1 fully saturated rings. The molecule has 1 saturated heterocycles. The molecule has 3 rings (SSSR count). The fourth-order valence-electron chi connectivity index (χ4n) is 2.91. The van der Waals surface area contributed by atoms with E-state index in [-0.39, 0.29) is 5.91 Å². The number of piperidine rings is 1. The highest BCUT2D eigenvalue weighted by molar-refractivity contribution is 5.94. The first kappa shape index (κ1) is 16.2. The van der Waals surface area contributed by atoms with E-state index in [1.807, 2.05) is 54.3 Å². The molecule has 0 aliphatic carbocycles. The summed E-state index contributed by atoms with van der Waals surface area (Å²) in [5.41, 5.74) is 4.09. The largest absolute Gasteiger partial charge is 0.497 e. The SMILES string of the molecule is COc1ccc(C(=O)N2CCC(=Cc3cccc(C)n3)CC2)cc1. The van der Waals surface area contributed by atoms with Crippen LogP contribution in [0.4, 0.5) is 0 Å². The average molecular weight is 322 g/mol. The fourth-order valence-corrected chi connectivity index (χ4v) is 2.91. The van der Waals surface area contributed by atoms with Crippen molar-refractivity contribution in [1.29, 1.82) is 0 Å². The first-order valence-electron chi connectivity index (χ1n) is 8.22. The summed E-state index contributed by atoms with van der Waals surface area (Å²) in [5.74, 6) is 0.853. The summed E-state index contributed by atoms with van der Waals surface area (Å²) in [7, 11) is 1.62. The van der Waals surface area contributed by atoms with Crippen LogP contribution in [-0.4, -0.2) is 36.0 Å². The third-order valence-corrected chi connectivity index (χ3v) is 4.29. The van der Waals surface area contributed by atoms with Crippen molar-refractivity contribution in [2.24, 2.45) is 0 Å². The van der Waals surface area contributed by atoms with Crippen LogP contribution in [0.2, 0.25) is 0 Å². The smallest absolute Gasteiger partial charge is 0.253 e. The number of methoxy groups -OCH3 is 1. The number of carbonyl (C=O) groups excluding carboxylic acids is 1. The molecule has 2 heterocycles. The van der Waals surface area contributed by atoms with Crippen LogP contribution in [-0.2, 0) is 0 Å². The Morgan fingerprint density at radius 3 is 2.46 bits per heavy atom. The van der Waals surface area contributed by atoms with Crippen LogP contribution in [0, 0.1) is 6.92 Å². The lowest BCUT2D eigenvalue weighted by atomic mass is 10.0. The minimum atomic E-state index is 0.0883. The molecule has 0 bridgehead atoms. The predicted octanol–water partition coefficient (Wildman–Crippen LogP) is 3.72. The number of hydrogen-bond donors (Lipinski definition) is 0. The van der Waals surface area contributed by atoms with Gasteiger partial charge in [-0.25, -0.2) is 0 Å². The number of carbonyl (C=O) groups is 1. The number of likely N-dealkylation sites (tertiary alicyclic amines) is 1. The van der Waals surface area contributed by atoms with Crippen LogP contribution in [0.25, 0.3) is 6.08 Å². The van der Waals surface area contributed by atoms with Gasteiger partial charge in [-0.1, -0.05) is 11.6 Å². The average Bonchev–Trinajstić information content (AvgIpc) is 2.62. The van der Waals surface area contributed by atoms with Gasteiger partial charge in [0.05, 0.1) is 12.8 Å². The molecule has 1 aromatic carbocycles. The van der Waals surface area contributed by atoms with Crippen LogP contribution in [0.5, 0.6) is 5.75 Å². The minimum absolute atomic E-state index is 0.0883. The highest BCUT2D eigenvalue weighted by Gasteiger charge is 2.20. The molecular formula is C20H22N2O2. The Morgan fingerprint density at radius 1 is 1.12 bits per heavy atom. The van der Waals surface area contributed by atoms with Crippen molar-refractivity contribution in [1.82, 2.24) is 9.88 Å². The number of rotatable bonds is 3. The maximum Gasteiger partial charge on any atom is 0.253 e. The molecular weight excluding hydrogens is 300 g/mol. The van der Waals surface area contributed by atoms with Gasteiger partial charge in [-0.3, -0.25) is 9.78 Å². The van der Waals surface area contributed by atoms with E-state index < -0.39 is 0 Å². The van der Waals surface area contributed by atoms with Gasteiger partial charge in [0.2, 0.25) is 0 Å². The van der Waals surface area contributed by atoms with Crippen molar-refractivity contribution in [3.8, 4) is 5.75 Å². The molecule has 24 heavy (non-hydrogen) atoms. The molecule has 4 nitrogen and oxygen atoms in total. The monoisotopic (exact) mass is 322 g/mol. The van der Waals surface area contributed by atoms with Crippen molar-refractivity contribution in [2.45, 2.75) is 19.8 Å². The number of ether oxygens (including phenoxy) is 1. The molecule has 0 unspecified atom stereocenters. The zero-order valence-electron chi connectivity index (χ0n) is 14.2. The Kier molecular flexibility index (Phi) is 4.94. The first-order valence-corrected chi connectivity index (χ1v) is 8.22. The molecule has 0 atom stereocenters.